The Morgan fingerprint density at radius 1 is 1.28 bits per heavy atom. The van der Waals surface area contributed by atoms with Crippen LogP contribution in [0.15, 0.2) is 35.5 Å². The van der Waals surface area contributed by atoms with Crippen LogP contribution in [0.4, 0.5) is 0 Å². The molecule has 1 aliphatic carbocycles. The number of aromatic nitrogens is 2. The normalized spacial score (nSPS) is 14.5. The van der Waals surface area contributed by atoms with E-state index in [1.165, 1.54) is 25.7 Å². The maximum absolute atomic E-state index is 6.32. The lowest BCUT2D eigenvalue weighted by atomic mass is 10.1. The van der Waals surface area contributed by atoms with Gasteiger partial charge in [-0.05, 0) is 49.9 Å². The number of hydrogen-bond donors (Lipinski definition) is 2. The number of nitrogens with one attached hydrogen (secondary N) is 2. The fourth-order valence-electron chi connectivity index (χ4n) is 3.51. The highest BCUT2D eigenvalue weighted by Gasteiger charge is 2.17. The lowest BCUT2D eigenvalue weighted by Gasteiger charge is -2.12. The number of guanidine groups is 1. The van der Waals surface area contributed by atoms with E-state index < -0.39 is 0 Å². The Hall–Kier alpha value is -1.48. The summed E-state index contributed by atoms with van der Waals surface area (Å²) in [6.07, 6.45) is 8.00. The molecule has 29 heavy (non-hydrogen) atoms. The Balaban J connectivity index is 0.00000300. The van der Waals surface area contributed by atoms with Crippen LogP contribution in [0.3, 0.4) is 0 Å². The third-order valence-electron chi connectivity index (χ3n) is 5.05. The number of halogens is 2. The van der Waals surface area contributed by atoms with Gasteiger partial charge in [0.1, 0.15) is 5.75 Å². The minimum absolute atomic E-state index is 0. The second-order valence-corrected chi connectivity index (χ2v) is 7.46. The molecule has 0 bridgehead atoms. The zero-order valence-electron chi connectivity index (χ0n) is 17.2. The molecule has 1 aliphatic rings. The van der Waals surface area contributed by atoms with Crippen LogP contribution in [0.25, 0.3) is 0 Å². The molecule has 0 saturated heterocycles. The van der Waals surface area contributed by atoms with Gasteiger partial charge in [0.25, 0.3) is 0 Å². The van der Waals surface area contributed by atoms with Crippen LogP contribution in [0.2, 0.25) is 5.02 Å². The molecule has 0 amide bonds. The number of methoxy groups -OCH3 is 1. The minimum atomic E-state index is 0. The number of hydrogen-bond acceptors (Lipinski definition) is 3. The predicted octanol–water partition coefficient (Wildman–Crippen LogP) is 4.58. The van der Waals surface area contributed by atoms with E-state index in [1.807, 2.05) is 18.2 Å². The van der Waals surface area contributed by atoms with Crippen LogP contribution < -0.4 is 15.4 Å². The van der Waals surface area contributed by atoms with Gasteiger partial charge in [-0.3, -0.25) is 4.68 Å². The van der Waals surface area contributed by atoms with Gasteiger partial charge in [-0.25, -0.2) is 4.99 Å². The topological polar surface area (TPSA) is 63.5 Å². The standard InChI is InChI=1S/C21H30ClN5O.HI/c1-3-23-21(24-12-10-16-8-9-19(28-2)14-20(16)22)25-15-17-11-13-27(26-17)18-6-4-5-7-18;/h8-9,11,13-14,18H,3-7,10,12,15H2,1-2H3,(H2,23,24,25);1H. The molecule has 2 N–H and O–H groups in total. The van der Waals surface area contributed by atoms with Crippen molar-refractivity contribution in [2.75, 3.05) is 20.2 Å². The van der Waals surface area contributed by atoms with Crippen molar-refractivity contribution in [3.8, 4) is 5.75 Å². The Bertz CT molecular complexity index is 789. The molecule has 0 unspecified atom stereocenters. The third kappa shape index (κ3) is 7.06. The fraction of sp³-hybridized carbons (Fsp3) is 0.524. The SMILES string of the molecule is CCNC(=NCc1ccn(C2CCCC2)n1)NCCc1ccc(OC)cc1Cl.I. The Morgan fingerprint density at radius 2 is 2.07 bits per heavy atom. The maximum Gasteiger partial charge on any atom is 0.191 e. The van der Waals surface area contributed by atoms with E-state index in [0.29, 0.717) is 12.6 Å². The lowest BCUT2D eigenvalue weighted by Crippen LogP contribution is -2.38. The lowest BCUT2D eigenvalue weighted by molar-refractivity contribution is 0.414. The van der Waals surface area contributed by atoms with Gasteiger partial charge >= 0.3 is 0 Å². The summed E-state index contributed by atoms with van der Waals surface area (Å²) in [6.45, 7) is 4.19. The van der Waals surface area contributed by atoms with Gasteiger partial charge in [0.05, 0.1) is 25.4 Å². The first-order valence-corrected chi connectivity index (χ1v) is 10.5. The Morgan fingerprint density at radius 3 is 2.76 bits per heavy atom. The molecule has 1 aromatic heterocycles. The van der Waals surface area contributed by atoms with Crippen LogP contribution in [0.5, 0.6) is 5.75 Å². The summed E-state index contributed by atoms with van der Waals surface area (Å²) in [6, 6.07) is 8.42. The number of nitrogens with zero attached hydrogens (tertiary/aromatic N) is 3. The zero-order chi connectivity index (χ0) is 19.8. The highest BCUT2D eigenvalue weighted by atomic mass is 127. The summed E-state index contributed by atoms with van der Waals surface area (Å²) in [5.41, 5.74) is 2.09. The molecular formula is C21H31ClIN5O. The number of benzene rings is 1. The smallest absolute Gasteiger partial charge is 0.191 e. The van der Waals surface area contributed by atoms with Crippen LogP contribution in [0.1, 0.15) is 49.9 Å². The van der Waals surface area contributed by atoms with Crippen LogP contribution in [-0.4, -0.2) is 35.9 Å². The predicted molar refractivity (Wildman–Crippen MR) is 130 cm³/mol. The van der Waals surface area contributed by atoms with Crippen molar-refractivity contribution in [3.63, 3.8) is 0 Å². The number of aliphatic imine (C=N–C) groups is 1. The second kappa shape index (κ2) is 12.3. The van der Waals surface area contributed by atoms with Gasteiger partial charge < -0.3 is 15.4 Å². The molecule has 1 aromatic carbocycles. The number of rotatable bonds is 8. The van der Waals surface area contributed by atoms with Crippen molar-refractivity contribution >= 4 is 41.5 Å². The van der Waals surface area contributed by atoms with Crippen molar-refractivity contribution in [2.45, 2.75) is 51.6 Å². The molecule has 1 heterocycles. The molecule has 160 valence electrons. The molecule has 0 radical (unpaired) electrons. The summed E-state index contributed by atoms with van der Waals surface area (Å²) >= 11 is 6.32. The summed E-state index contributed by atoms with van der Waals surface area (Å²) in [5.74, 6) is 1.57. The Labute approximate surface area is 195 Å². The molecule has 0 atom stereocenters. The molecule has 6 nitrogen and oxygen atoms in total. The van der Waals surface area contributed by atoms with Crippen LogP contribution >= 0.6 is 35.6 Å². The van der Waals surface area contributed by atoms with Gasteiger partial charge in [-0.1, -0.05) is 30.5 Å². The molecule has 1 saturated carbocycles. The molecule has 1 fully saturated rings. The summed E-state index contributed by atoms with van der Waals surface area (Å²) in [7, 11) is 1.64. The zero-order valence-corrected chi connectivity index (χ0v) is 20.2. The first kappa shape index (κ1) is 23.8. The summed E-state index contributed by atoms with van der Waals surface area (Å²) < 4.78 is 7.31. The van der Waals surface area contributed by atoms with Crippen LogP contribution in [0, 0.1) is 0 Å². The first-order chi connectivity index (χ1) is 13.7. The van der Waals surface area contributed by atoms with Crippen molar-refractivity contribution in [1.82, 2.24) is 20.4 Å². The van der Waals surface area contributed by atoms with Gasteiger partial charge in [-0.15, -0.1) is 24.0 Å². The quantitative estimate of drug-likeness (QED) is 0.297. The largest absolute Gasteiger partial charge is 0.497 e. The summed E-state index contributed by atoms with van der Waals surface area (Å²) in [4.78, 5) is 4.67. The van der Waals surface area contributed by atoms with Crippen molar-refractivity contribution in [1.29, 1.82) is 0 Å². The Kier molecular flexibility index (Phi) is 10.1. The monoisotopic (exact) mass is 531 g/mol. The van der Waals surface area contributed by atoms with E-state index in [-0.39, 0.29) is 24.0 Å². The van der Waals surface area contributed by atoms with Gasteiger partial charge in [-0.2, -0.15) is 5.10 Å². The van der Waals surface area contributed by atoms with E-state index >= 15 is 0 Å². The van der Waals surface area contributed by atoms with E-state index in [4.69, 9.17) is 21.4 Å². The van der Waals surface area contributed by atoms with E-state index in [1.54, 1.807) is 7.11 Å². The van der Waals surface area contributed by atoms with Crippen molar-refractivity contribution < 1.29 is 4.74 Å². The van der Waals surface area contributed by atoms with E-state index in [9.17, 15) is 0 Å². The third-order valence-corrected chi connectivity index (χ3v) is 5.40. The van der Waals surface area contributed by atoms with Gasteiger partial charge in [0.15, 0.2) is 5.96 Å². The highest BCUT2D eigenvalue weighted by Crippen LogP contribution is 2.28. The maximum atomic E-state index is 6.32. The average molecular weight is 532 g/mol. The fourth-order valence-corrected chi connectivity index (χ4v) is 3.77. The van der Waals surface area contributed by atoms with E-state index in [2.05, 4.69) is 39.5 Å². The molecule has 0 spiro atoms. The molecule has 0 aliphatic heterocycles. The van der Waals surface area contributed by atoms with Crippen LogP contribution in [-0.2, 0) is 13.0 Å². The number of ether oxygens (including phenoxy) is 1. The molecular weight excluding hydrogens is 501 g/mol. The average Bonchev–Trinajstić information content (AvgIpc) is 3.39. The minimum Gasteiger partial charge on any atom is -0.497 e. The van der Waals surface area contributed by atoms with Crippen molar-refractivity contribution in [3.05, 3.63) is 46.7 Å². The van der Waals surface area contributed by atoms with Crippen molar-refractivity contribution in [2.24, 2.45) is 4.99 Å². The first-order valence-electron chi connectivity index (χ1n) is 10.1. The highest BCUT2D eigenvalue weighted by molar-refractivity contribution is 14.0. The van der Waals surface area contributed by atoms with Gasteiger partial charge in [0, 0.05) is 24.3 Å². The molecule has 2 aromatic rings. The summed E-state index contributed by atoms with van der Waals surface area (Å²) in [5, 5.41) is 12.1. The molecule has 3 rings (SSSR count). The van der Waals surface area contributed by atoms with Gasteiger partial charge in [0.2, 0.25) is 0 Å². The van der Waals surface area contributed by atoms with E-state index in [0.717, 1.165) is 47.5 Å². The molecule has 8 heteroatoms. The second-order valence-electron chi connectivity index (χ2n) is 7.05.